The van der Waals surface area contributed by atoms with Crippen LogP contribution in [0.15, 0.2) is 29.3 Å². The molecule has 0 saturated heterocycles. The van der Waals surface area contributed by atoms with Gasteiger partial charge in [-0.15, -0.1) is 0 Å². The number of hydrogen-bond acceptors (Lipinski definition) is 4. The minimum absolute atomic E-state index is 0.0812. The monoisotopic (exact) mass is 420 g/mol. The van der Waals surface area contributed by atoms with Crippen LogP contribution in [0.1, 0.15) is 15.9 Å². The lowest BCUT2D eigenvalue weighted by atomic mass is 10.1. The first-order valence-electron chi connectivity index (χ1n) is 5.83. The normalized spacial score (nSPS) is 11.4. The van der Waals surface area contributed by atoms with Crippen LogP contribution in [0.25, 0.3) is 0 Å². The van der Waals surface area contributed by atoms with Crippen molar-refractivity contribution in [1.29, 1.82) is 0 Å². The van der Waals surface area contributed by atoms with E-state index in [9.17, 15) is 13.2 Å². The van der Waals surface area contributed by atoms with Crippen LogP contribution in [0, 0.1) is 10.5 Å². The van der Waals surface area contributed by atoms with Crippen LogP contribution in [-0.2, 0) is 17.1 Å². The Kier molecular flexibility index (Phi) is 4.35. The van der Waals surface area contributed by atoms with E-state index in [1.807, 2.05) is 13.0 Å². The quantitative estimate of drug-likeness (QED) is 0.729. The summed E-state index contributed by atoms with van der Waals surface area (Å²) >= 11 is 2.06. The molecule has 0 saturated carbocycles. The summed E-state index contributed by atoms with van der Waals surface area (Å²) in [7, 11) is -2.42. The van der Waals surface area contributed by atoms with Crippen LogP contribution in [0.2, 0.25) is 0 Å². The molecule has 1 aromatic carbocycles. The molecule has 2 aromatic rings. The highest BCUT2D eigenvalue weighted by atomic mass is 127. The number of amides is 1. The Labute approximate surface area is 135 Å². The average Bonchev–Trinajstić information content (AvgIpc) is 2.73. The van der Waals surface area contributed by atoms with E-state index in [1.165, 1.54) is 10.9 Å². The molecule has 112 valence electrons. The van der Waals surface area contributed by atoms with E-state index < -0.39 is 15.9 Å². The Balaban J connectivity index is 2.39. The summed E-state index contributed by atoms with van der Waals surface area (Å²) in [6.45, 7) is 1.88. The van der Waals surface area contributed by atoms with Gasteiger partial charge in [-0.25, -0.2) is 13.6 Å². The topological polar surface area (TPSA) is 107 Å². The second kappa shape index (κ2) is 5.73. The molecule has 1 amide bonds. The number of nitrogens with two attached hydrogens (primary N) is 1. The van der Waals surface area contributed by atoms with Crippen LogP contribution in [0.4, 0.5) is 5.82 Å². The molecule has 2 rings (SSSR count). The lowest BCUT2D eigenvalue weighted by Crippen LogP contribution is -2.18. The summed E-state index contributed by atoms with van der Waals surface area (Å²) in [6.07, 6.45) is 1.24. The van der Waals surface area contributed by atoms with Gasteiger partial charge in [-0.2, -0.15) is 5.10 Å². The van der Waals surface area contributed by atoms with Gasteiger partial charge in [0.15, 0.2) is 5.82 Å². The minimum atomic E-state index is -3.96. The van der Waals surface area contributed by atoms with Crippen molar-refractivity contribution in [3.05, 3.63) is 39.1 Å². The van der Waals surface area contributed by atoms with Gasteiger partial charge < -0.3 is 5.32 Å². The van der Waals surface area contributed by atoms with Crippen molar-refractivity contribution in [2.24, 2.45) is 12.2 Å². The highest BCUT2D eigenvalue weighted by molar-refractivity contribution is 14.1. The number of aryl methyl sites for hydroxylation is 2. The van der Waals surface area contributed by atoms with Gasteiger partial charge in [0.1, 0.15) is 4.90 Å². The van der Waals surface area contributed by atoms with Crippen molar-refractivity contribution in [2.45, 2.75) is 11.8 Å². The first-order valence-corrected chi connectivity index (χ1v) is 8.45. The second-order valence-corrected chi connectivity index (χ2v) is 7.06. The lowest BCUT2D eigenvalue weighted by molar-refractivity contribution is 0.102. The summed E-state index contributed by atoms with van der Waals surface area (Å²) in [5.41, 5.74) is 1.40. The molecular weight excluding hydrogens is 407 g/mol. The maximum absolute atomic E-state index is 12.3. The first-order chi connectivity index (χ1) is 9.70. The number of carbonyl (C=O) groups is 1. The third-order valence-electron chi connectivity index (χ3n) is 2.77. The largest absolute Gasteiger partial charge is 0.304 e. The van der Waals surface area contributed by atoms with Crippen molar-refractivity contribution < 1.29 is 13.2 Å². The Morgan fingerprint density at radius 3 is 2.71 bits per heavy atom. The Bertz CT molecular complexity index is 814. The minimum Gasteiger partial charge on any atom is -0.304 e. The number of halogens is 1. The maximum atomic E-state index is 12.3. The lowest BCUT2D eigenvalue weighted by Gasteiger charge is -2.07. The summed E-state index contributed by atoms with van der Waals surface area (Å²) in [5.74, 6) is -0.519. The average molecular weight is 420 g/mol. The molecule has 3 N–H and O–H groups in total. The van der Waals surface area contributed by atoms with Gasteiger partial charge in [0.25, 0.3) is 5.91 Å². The third-order valence-corrected chi connectivity index (χ3v) is 5.11. The molecule has 0 bridgehead atoms. The molecule has 0 atom stereocenters. The van der Waals surface area contributed by atoms with Crippen LogP contribution >= 0.6 is 22.6 Å². The molecule has 0 spiro atoms. The van der Waals surface area contributed by atoms with E-state index in [1.54, 1.807) is 19.2 Å². The summed E-state index contributed by atoms with van der Waals surface area (Å²) in [6, 6.07) is 5.30. The number of nitrogens with one attached hydrogen (secondary N) is 1. The summed E-state index contributed by atoms with van der Waals surface area (Å²) < 4.78 is 25.0. The molecule has 0 aliphatic carbocycles. The highest BCUT2D eigenvalue weighted by Crippen LogP contribution is 2.21. The van der Waals surface area contributed by atoms with Gasteiger partial charge in [-0.3, -0.25) is 9.48 Å². The number of nitrogens with zero attached hydrogens (tertiary/aromatic N) is 2. The number of primary sulfonamides is 1. The van der Waals surface area contributed by atoms with Crippen LogP contribution in [-0.4, -0.2) is 24.1 Å². The number of sulfonamides is 1. The Hall–Kier alpha value is -1.46. The van der Waals surface area contributed by atoms with E-state index in [-0.39, 0.29) is 10.7 Å². The molecule has 0 unspecified atom stereocenters. The molecule has 1 heterocycles. The molecule has 0 aliphatic heterocycles. The zero-order valence-electron chi connectivity index (χ0n) is 11.3. The maximum Gasteiger partial charge on any atom is 0.257 e. The summed E-state index contributed by atoms with van der Waals surface area (Å²) in [4.78, 5) is 12.1. The molecule has 1 aromatic heterocycles. The van der Waals surface area contributed by atoms with E-state index in [4.69, 9.17) is 5.14 Å². The first kappa shape index (κ1) is 15.9. The highest BCUT2D eigenvalue weighted by Gasteiger charge is 2.21. The third kappa shape index (κ3) is 3.41. The van der Waals surface area contributed by atoms with Crippen molar-refractivity contribution in [2.75, 3.05) is 5.32 Å². The van der Waals surface area contributed by atoms with E-state index in [0.717, 1.165) is 9.13 Å². The number of aromatic nitrogens is 2. The van der Waals surface area contributed by atoms with E-state index >= 15 is 0 Å². The fourth-order valence-electron chi connectivity index (χ4n) is 1.76. The van der Waals surface area contributed by atoms with E-state index in [2.05, 4.69) is 33.0 Å². The predicted octanol–water partition coefficient (Wildman–Crippen LogP) is 1.23. The molecular formula is C12H13IN4O3S. The van der Waals surface area contributed by atoms with Crippen molar-refractivity contribution in [1.82, 2.24) is 9.78 Å². The molecule has 0 fully saturated rings. The zero-order chi connectivity index (χ0) is 15.8. The second-order valence-electron chi connectivity index (χ2n) is 4.45. The fourth-order valence-corrected chi connectivity index (χ4v) is 3.02. The molecule has 21 heavy (non-hydrogen) atoms. The van der Waals surface area contributed by atoms with Crippen molar-refractivity contribution in [3.63, 3.8) is 0 Å². The number of rotatable bonds is 3. The van der Waals surface area contributed by atoms with Crippen LogP contribution in [0.3, 0.4) is 0 Å². The van der Waals surface area contributed by atoms with Gasteiger partial charge in [-0.1, -0.05) is 12.1 Å². The Morgan fingerprint density at radius 1 is 1.43 bits per heavy atom. The SMILES string of the molecule is Cc1cccc(C(=O)Nc2nn(C)cc2S(N)(=O)=O)c1I. The van der Waals surface area contributed by atoms with Crippen molar-refractivity contribution >= 4 is 44.3 Å². The number of benzene rings is 1. The van der Waals surface area contributed by atoms with Crippen LogP contribution in [0.5, 0.6) is 0 Å². The fraction of sp³-hybridized carbons (Fsp3) is 0.167. The predicted molar refractivity (Wildman–Crippen MR) is 86.4 cm³/mol. The van der Waals surface area contributed by atoms with Gasteiger partial charge in [0, 0.05) is 16.8 Å². The summed E-state index contributed by atoms with van der Waals surface area (Å²) in [5, 5.41) is 11.5. The van der Waals surface area contributed by atoms with E-state index in [0.29, 0.717) is 5.56 Å². The standard InChI is InChI=1S/C12H13IN4O3S/c1-7-4-3-5-8(10(7)13)12(18)15-11-9(21(14,19)20)6-17(2)16-11/h3-6H,1-2H3,(H2,14,19,20)(H,15,16,18). The number of hydrogen-bond donors (Lipinski definition) is 2. The smallest absolute Gasteiger partial charge is 0.257 e. The van der Waals surface area contributed by atoms with Gasteiger partial charge >= 0.3 is 0 Å². The zero-order valence-corrected chi connectivity index (χ0v) is 14.3. The molecule has 0 aliphatic rings. The number of carbonyl (C=O) groups excluding carboxylic acids is 1. The van der Waals surface area contributed by atoms with Gasteiger partial charge in [0.2, 0.25) is 10.0 Å². The number of anilines is 1. The van der Waals surface area contributed by atoms with Gasteiger partial charge in [0.05, 0.1) is 5.56 Å². The molecule has 0 radical (unpaired) electrons. The molecule has 9 heteroatoms. The molecule has 7 nitrogen and oxygen atoms in total. The van der Waals surface area contributed by atoms with Gasteiger partial charge in [-0.05, 0) is 41.1 Å². The Morgan fingerprint density at radius 2 is 2.10 bits per heavy atom. The van der Waals surface area contributed by atoms with Crippen molar-refractivity contribution in [3.8, 4) is 0 Å². The van der Waals surface area contributed by atoms with Crippen LogP contribution < -0.4 is 10.5 Å².